The van der Waals surface area contributed by atoms with Gasteiger partial charge >= 0.3 is 0 Å². The van der Waals surface area contributed by atoms with Crippen LogP contribution in [-0.2, 0) is 0 Å². The summed E-state index contributed by atoms with van der Waals surface area (Å²) in [6.45, 7) is 3.44. The zero-order valence-corrected chi connectivity index (χ0v) is 12.9. The van der Waals surface area contributed by atoms with Gasteiger partial charge in [0.05, 0.1) is 0 Å². The van der Waals surface area contributed by atoms with Gasteiger partial charge < -0.3 is 10.6 Å². The molecule has 0 amide bonds. The van der Waals surface area contributed by atoms with Crippen LogP contribution in [0.4, 0.5) is 8.78 Å². The molecule has 0 saturated carbocycles. The topological polar surface area (TPSA) is 32.5 Å². The SMILES string of the molecule is CN1CCC(CN(C)C(CN)c2ccc(F)cc2F)CC1. The first-order chi connectivity index (χ1) is 10.0. The van der Waals surface area contributed by atoms with Crippen LogP contribution in [0.5, 0.6) is 0 Å². The van der Waals surface area contributed by atoms with E-state index in [0.29, 0.717) is 18.0 Å². The minimum Gasteiger partial charge on any atom is -0.329 e. The van der Waals surface area contributed by atoms with Crippen LogP contribution >= 0.6 is 0 Å². The van der Waals surface area contributed by atoms with Gasteiger partial charge in [0, 0.05) is 30.8 Å². The molecule has 0 aliphatic carbocycles. The average Bonchev–Trinajstić information content (AvgIpc) is 2.44. The number of rotatable bonds is 5. The van der Waals surface area contributed by atoms with Gasteiger partial charge in [0.25, 0.3) is 0 Å². The van der Waals surface area contributed by atoms with Crippen molar-refractivity contribution < 1.29 is 8.78 Å². The van der Waals surface area contributed by atoms with Crippen molar-refractivity contribution in [3.8, 4) is 0 Å². The van der Waals surface area contributed by atoms with Gasteiger partial charge in [-0.2, -0.15) is 0 Å². The normalized spacial score (nSPS) is 19.1. The molecule has 1 aliphatic rings. The summed E-state index contributed by atoms with van der Waals surface area (Å²) in [6, 6.07) is 3.53. The van der Waals surface area contributed by atoms with Crippen molar-refractivity contribution in [1.82, 2.24) is 9.80 Å². The summed E-state index contributed by atoms with van der Waals surface area (Å²) in [5.74, 6) is -0.450. The van der Waals surface area contributed by atoms with E-state index < -0.39 is 11.6 Å². The first-order valence-corrected chi connectivity index (χ1v) is 7.55. The van der Waals surface area contributed by atoms with Crippen molar-refractivity contribution in [1.29, 1.82) is 0 Å². The third kappa shape index (κ3) is 4.22. The van der Waals surface area contributed by atoms with Gasteiger partial charge in [0.2, 0.25) is 0 Å². The highest BCUT2D eigenvalue weighted by atomic mass is 19.1. The van der Waals surface area contributed by atoms with Gasteiger partial charge in [0.15, 0.2) is 0 Å². The van der Waals surface area contributed by atoms with Gasteiger partial charge in [-0.05, 0) is 52.0 Å². The standard InChI is InChI=1S/C16H25F2N3/c1-20-7-5-12(6-8-20)11-21(2)16(10-19)14-4-3-13(17)9-15(14)18/h3-4,9,12,16H,5-8,10-11,19H2,1-2H3. The molecule has 1 saturated heterocycles. The molecule has 0 aromatic heterocycles. The molecular formula is C16H25F2N3. The van der Waals surface area contributed by atoms with Crippen LogP contribution in [-0.4, -0.2) is 50.1 Å². The molecule has 0 radical (unpaired) electrons. The van der Waals surface area contributed by atoms with Gasteiger partial charge in [-0.25, -0.2) is 8.78 Å². The summed E-state index contributed by atoms with van der Waals surface area (Å²) in [7, 11) is 4.11. The summed E-state index contributed by atoms with van der Waals surface area (Å²) in [4.78, 5) is 4.43. The predicted molar refractivity (Wildman–Crippen MR) is 81.0 cm³/mol. The number of likely N-dealkylation sites (tertiary alicyclic amines) is 1. The van der Waals surface area contributed by atoms with Crippen LogP contribution < -0.4 is 5.73 Å². The Morgan fingerprint density at radius 1 is 1.33 bits per heavy atom. The number of hydrogen-bond donors (Lipinski definition) is 1. The fourth-order valence-electron chi connectivity index (χ4n) is 3.10. The zero-order chi connectivity index (χ0) is 15.4. The van der Waals surface area contributed by atoms with E-state index in [2.05, 4.69) is 16.8 Å². The van der Waals surface area contributed by atoms with Crippen molar-refractivity contribution in [2.24, 2.45) is 11.7 Å². The lowest BCUT2D eigenvalue weighted by Crippen LogP contribution is -2.39. The van der Waals surface area contributed by atoms with Crippen LogP contribution in [0.1, 0.15) is 24.4 Å². The second kappa shape index (κ2) is 7.29. The fraction of sp³-hybridized carbons (Fsp3) is 0.625. The quantitative estimate of drug-likeness (QED) is 0.904. The third-order valence-electron chi connectivity index (χ3n) is 4.46. The maximum atomic E-state index is 13.9. The van der Waals surface area contributed by atoms with E-state index >= 15 is 0 Å². The summed E-state index contributed by atoms with van der Waals surface area (Å²) in [6.07, 6.45) is 2.31. The Hall–Kier alpha value is -1.04. The molecule has 1 aromatic carbocycles. The molecule has 2 N–H and O–H groups in total. The third-order valence-corrected chi connectivity index (χ3v) is 4.46. The van der Waals surface area contributed by atoms with Crippen LogP contribution in [0.3, 0.4) is 0 Å². The molecule has 1 heterocycles. The molecule has 0 spiro atoms. The van der Waals surface area contributed by atoms with Crippen LogP contribution in [0.2, 0.25) is 0 Å². The number of nitrogens with zero attached hydrogens (tertiary/aromatic N) is 2. The molecule has 21 heavy (non-hydrogen) atoms. The predicted octanol–water partition coefficient (Wildman–Crippen LogP) is 2.24. The fourth-order valence-corrected chi connectivity index (χ4v) is 3.10. The molecule has 3 nitrogen and oxygen atoms in total. The smallest absolute Gasteiger partial charge is 0.130 e. The molecule has 1 aromatic rings. The Balaban J connectivity index is 2.02. The Labute approximate surface area is 125 Å². The summed E-state index contributed by atoms with van der Waals surface area (Å²) in [5, 5.41) is 0. The number of benzene rings is 1. The average molecular weight is 297 g/mol. The number of nitrogens with two attached hydrogens (primary N) is 1. The van der Waals surface area contributed by atoms with Gasteiger partial charge in [-0.1, -0.05) is 6.07 Å². The lowest BCUT2D eigenvalue weighted by Gasteiger charge is -2.35. The second-order valence-electron chi connectivity index (χ2n) is 6.10. The van der Waals surface area contributed by atoms with Crippen molar-refractivity contribution in [3.63, 3.8) is 0 Å². The van der Waals surface area contributed by atoms with Crippen LogP contribution in [0.15, 0.2) is 18.2 Å². The van der Waals surface area contributed by atoms with Crippen molar-refractivity contribution in [2.75, 3.05) is 40.3 Å². The van der Waals surface area contributed by atoms with E-state index in [1.807, 2.05) is 7.05 Å². The van der Waals surface area contributed by atoms with E-state index in [1.165, 1.54) is 12.1 Å². The Bertz CT molecular complexity index is 459. The summed E-state index contributed by atoms with van der Waals surface area (Å²) >= 11 is 0. The summed E-state index contributed by atoms with van der Waals surface area (Å²) in [5.41, 5.74) is 6.31. The second-order valence-corrected chi connectivity index (χ2v) is 6.10. The van der Waals surface area contributed by atoms with E-state index in [9.17, 15) is 8.78 Å². The monoisotopic (exact) mass is 297 g/mol. The molecular weight excluding hydrogens is 272 g/mol. The van der Waals surface area contributed by atoms with E-state index in [4.69, 9.17) is 5.73 Å². The Morgan fingerprint density at radius 2 is 2.00 bits per heavy atom. The number of hydrogen-bond acceptors (Lipinski definition) is 3. The molecule has 2 rings (SSSR count). The van der Waals surface area contributed by atoms with E-state index in [1.54, 1.807) is 0 Å². The van der Waals surface area contributed by atoms with Crippen molar-refractivity contribution in [2.45, 2.75) is 18.9 Å². The summed E-state index contributed by atoms with van der Waals surface area (Å²) < 4.78 is 27.0. The van der Waals surface area contributed by atoms with Crippen molar-refractivity contribution >= 4 is 0 Å². The highest BCUT2D eigenvalue weighted by Crippen LogP contribution is 2.25. The first kappa shape index (κ1) is 16.3. The maximum absolute atomic E-state index is 13.9. The van der Waals surface area contributed by atoms with E-state index in [0.717, 1.165) is 38.5 Å². The number of piperidine rings is 1. The number of likely N-dealkylation sites (N-methyl/N-ethyl adjacent to an activating group) is 1. The minimum atomic E-state index is -0.551. The van der Waals surface area contributed by atoms with Gasteiger partial charge in [0.1, 0.15) is 11.6 Å². The Morgan fingerprint density at radius 3 is 2.57 bits per heavy atom. The first-order valence-electron chi connectivity index (χ1n) is 7.55. The minimum absolute atomic E-state index is 0.203. The molecule has 1 fully saturated rings. The van der Waals surface area contributed by atoms with Crippen molar-refractivity contribution in [3.05, 3.63) is 35.4 Å². The van der Waals surface area contributed by atoms with E-state index in [-0.39, 0.29) is 6.04 Å². The largest absolute Gasteiger partial charge is 0.329 e. The maximum Gasteiger partial charge on any atom is 0.130 e. The molecule has 5 heteroatoms. The molecule has 1 aliphatic heterocycles. The Kier molecular flexibility index (Phi) is 5.67. The number of halogens is 2. The van der Waals surface area contributed by atoms with Gasteiger partial charge in [-0.3, -0.25) is 4.90 Å². The molecule has 1 unspecified atom stereocenters. The molecule has 118 valence electrons. The van der Waals surface area contributed by atoms with Gasteiger partial charge in [-0.15, -0.1) is 0 Å². The molecule has 0 bridgehead atoms. The lowest BCUT2D eigenvalue weighted by molar-refractivity contribution is 0.150. The zero-order valence-electron chi connectivity index (χ0n) is 12.9. The lowest BCUT2D eigenvalue weighted by atomic mass is 9.95. The van der Waals surface area contributed by atoms with Crippen LogP contribution in [0.25, 0.3) is 0 Å². The molecule has 1 atom stereocenters. The van der Waals surface area contributed by atoms with Crippen LogP contribution in [0, 0.1) is 17.6 Å². The highest BCUT2D eigenvalue weighted by molar-refractivity contribution is 5.22. The highest BCUT2D eigenvalue weighted by Gasteiger charge is 2.24.